The Balaban J connectivity index is 2.14. The molecule has 0 radical (unpaired) electrons. The summed E-state index contributed by atoms with van der Waals surface area (Å²) < 4.78 is 4.73. The van der Waals surface area contributed by atoms with Crippen LogP contribution in [0, 0.1) is 0 Å². The van der Waals surface area contributed by atoms with Crippen molar-refractivity contribution < 1.29 is 14.1 Å². The highest BCUT2D eigenvalue weighted by Crippen LogP contribution is 2.17. The minimum Gasteiger partial charge on any atom is -0.364 e. The molecular weight excluding hydrogens is 246 g/mol. The monoisotopic (exact) mass is 259 g/mol. The molecule has 1 unspecified atom stereocenters. The van der Waals surface area contributed by atoms with E-state index in [1.54, 1.807) is 38.4 Å². The molecular formula is C13H13N3O3. The summed E-state index contributed by atoms with van der Waals surface area (Å²) in [5, 5.41) is 3.76. The number of ketones is 1. The molecule has 2 heterocycles. The van der Waals surface area contributed by atoms with E-state index in [4.69, 9.17) is 4.52 Å². The summed E-state index contributed by atoms with van der Waals surface area (Å²) in [7, 11) is 1.55. The number of nitrogens with zero attached hydrogens (tertiary/aromatic N) is 3. The van der Waals surface area contributed by atoms with Crippen molar-refractivity contribution >= 4 is 11.7 Å². The molecule has 98 valence electrons. The third-order valence-corrected chi connectivity index (χ3v) is 2.91. The van der Waals surface area contributed by atoms with Crippen molar-refractivity contribution in [2.75, 3.05) is 7.05 Å². The average molecular weight is 259 g/mol. The molecule has 2 aromatic heterocycles. The Morgan fingerprint density at radius 1 is 1.37 bits per heavy atom. The summed E-state index contributed by atoms with van der Waals surface area (Å²) in [6.45, 7) is 1.77. The smallest absolute Gasteiger partial charge is 0.295 e. The van der Waals surface area contributed by atoms with Gasteiger partial charge in [-0.25, -0.2) is 0 Å². The fourth-order valence-electron chi connectivity index (χ4n) is 1.59. The number of carbonyl (C=O) groups excluding carboxylic acids is 2. The third-order valence-electron chi connectivity index (χ3n) is 2.91. The van der Waals surface area contributed by atoms with Crippen LogP contribution in [0.25, 0.3) is 0 Å². The van der Waals surface area contributed by atoms with Crippen molar-refractivity contribution in [1.82, 2.24) is 15.0 Å². The van der Waals surface area contributed by atoms with Gasteiger partial charge in [-0.15, -0.1) is 0 Å². The summed E-state index contributed by atoms with van der Waals surface area (Å²) in [6.07, 6.45) is 4.34. The molecule has 2 aromatic rings. The van der Waals surface area contributed by atoms with Gasteiger partial charge in [0.2, 0.25) is 0 Å². The Labute approximate surface area is 110 Å². The second kappa shape index (κ2) is 5.43. The number of Topliss-reactive ketones (excluding diaryl/α,β-unsaturated/α-hetero) is 1. The molecule has 0 aliphatic rings. The van der Waals surface area contributed by atoms with E-state index in [2.05, 4.69) is 10.1 Å². The maximum Gasteiger partial charge on any atom is 0.295 e. The molecule has 0 saturated carbocycles. The molecule has 0 N–H and O–H groups in total. The van der Waals surface area contributed by atoms with Crippen molar-refractivity contribution in [3.05, 3.63) is 48.1 Å². The van der Waals surface area contributed by atoms with E-state index in [-0.39, 0.29) is 11.6 Å². The van der Waals surface area contributed by atoms with E-state index in [0.29, 0.717) is 5.69 Å². The van der Waals surface area contributed by atoms with Crippen molar-refractivity contribution in [1.29, 1.82) is 0 Å². The molecule has 2 rings (SSSR count). The number of amides is 1. The van der Waals surface area contributed by atoms with Crippen LogP contribution < -0.4 is 0 Å². The molecule has 0 bridgehead atoms. The number of pyridine rings is 1. The number of aromatic nitrogens is 2. The molecule has 0 saturated heterocycles. The molecule has 1 amide bonds. The normalized spacial score (nSPS) is 11.9. The van der Waals surface area contributed by atoms with Gasteiger partial charge in [-0.2, -0.15) is 0 Å². The van der Waals surface area contributed by atoms with Crippen LogP contribution in [0.5, 0.6) is 0 Å². The van der Waals surface area contributed by atoms with Crippen LogP contribution in [-0.2, 0) is 4.79 Å². The minimum absolute atomic E-state index is 0.270. The Morgan fingerprint density at radius 3 is 2.74 bits per heavy atom. The van der Waals surface area contributed by atoms with Gasteiger partial charge in [-0.05, 0) is 19.1 Å². The minimum atomic E-state index is -0.608. The zero-order valence-corrected chi connectivity index (χ0v) is 10.6. The summed E-state index contributed by atoms with van der Waals surface area (Å²) in [4.78, 5) is 29.2. The molecule has 0 spiro atoms. The van der Waals surface area contributed by atoms with E-state index < -0.39 is 11.7 Å². The van der Waals surface area contributed by atoms with Gasteiger partial charge in [0.15, 0.2) is 0 Å². The van der Waals surface area contributed by atoms with Crippen molar-refractivity contribution in [2.24, 2.45) is 0 Å². The van der Waals surface area contributed by atoms with Crippen LogP contribution >= 0.6 is 0 Å². The molecule has 0 aliphatic heterocycles. The first-order valence-electron chi connectivity index (χ1n) is 5.73. The fourth-order valence-corrected chi connectivity index (χ4v) is 1.59. The molecule has 0 aliphatic carbocycles. The molecule has 0 fully saturated rings. The van der Waals surface area contributed by atoms with Gasteiger partial charge in [-0.1, -0.05) is 5.16 Å². The number of carbonyl (C=O) groups is 2. The highest BCUT2D eigenvalue weighted by Gasteiger charge is 2.26. The summed E-state index contributed by atoms with van der Waals surface area (Å²) in [5.74, 6) is -1.20. The topological polar surface area (TPSA) is 76.3 Å². The quantitative estimate of drug-likeness (QED) is 0.614. The third kappa shape index (κ3) is 2.67. The van der Waals surface area contributed by atoms with Gasteiger partial charge in [0.05, 0.1) is 6.04 Å². The first kappa shape index (κ1) is 12.9. The lowest BCUT2D eigenvalue weighted by atomic mass is 10.1. The molecule has 6 heteroatoms. The van der Waals surface area contributed by atoms with Crippen LogP contribution in [0.3, 0.4) is 0 Å². The van der Waals surface area contributed by atoms with Crippen molar-refractivity contribution in [3.63, 3.8) is 0 Å². The van der Waals surface area contributed by atoms with E-state index in [9.17, 15) is 9.59 Å². The largest absolute Gasteiger partial charge is 0.364 e. The lowest BCUT2D eigenvalue weighted by Gasteiger charge is -2.22. The zero-order valence-electron chi connectivity index (χ0n) is 10.6. The lowest BCUT2D eigenvalue weighted by molar-refractivity contribution is -0.127. The second-order valence-electron chi connectivity index (χ2n) is 4.09. The lowest BCUT2D eigenvalue weighted by Crippen LogP contribution is -2.35. The van der Waals surface area contributed by atoms with Crippen LogP contribution in [0.2, 0.25) is 0 Å². The fraction of sp³-hybridized carbons (Fsp3) is 0.231. The van der Waals surface area contributed by atoms with Crippen LogP contribution in [0.15, 0.2) is 41.4 Å². The van der Waals surface area contributed by atoms with Gasteiger partial charge in [0.1, 0.15) is 12.0 Å². The van der Waals surface area contributed by atoms with Crippen molar-refractivity contribution in [3.8, 4) is 0 Å². The number of hydrogen-bond acceptors (Lipinski definition) is 5. The highest BCUT2D eigenvalue weighted by molar-refractivity contribution is 6.42. The van der Waals surface area contributed by atoms with Crippen LogP contribution in [-0.4, -0.2) is 33.8 Å². The molecule has 0 aromatic carbocycles. The predicted molar refractivity (Wildman–Crippen MR) is 66.3 cm³/mol. The van der Waals surface area contributed by atoms with Gasteiger partial charge in [0, 0.05) is 31.1 Å². The number of hydrogen-bond donors (Lipinski definition) is 0. The van der Waals surface area contributed by atoms with E-state index in [1.807, 2.05) is 0 Å². The first-order chi connectivity index (χ1) is 9.11. The maximum absolute atomic E-state index is 12.1. The van der Waals surface area contributed by atoms with Gasteiger partial charge in [0.25, 0.3) is 11.7 Å². The summed E-state index contributed by atoms with van der Waals surface area (Å²) in [6, 6.07) is 4.48. The molecule has 6 nitrogen and oxygen atoms in total. The predicted octanol–water partition coefficient (Wildman–Crippen LogP) is 1.47. The van der Waals surface area contributed by atoms with E-state index in [0.717, 1.165) is 0 Å². The zero-order chi connectivity index (χ0) is 13.8. The number of rotatable bonds is 4. The maximum atomic E-state index is 12.1. The summed E-state index contributed by atoms with van der Waals surface area (Å²) in [5.41, 5.74) is 0.863. The second-order valence-corrected chi connectivity index (χ2v) is 4.09. The van der Waals surface area contributed by atoms with Gasteiger partial charge in [-0.3, -0.25) is 14.6 Å². The van der Waals surface area contributed by atoms with E-state index >= 15 is 0 Å². The standard InChI is InChI=1S/C13H13N3O3/c1-9(11-5-7-19-15-11)16(2)13(18)12(17)10-4-3-6-14-8-10/h3-9H,1-2H3. The Morgan fingerprint density at radius 2 is 2.16 bits per heavy atom. The van der Waals surface area contributed by atoms with E-state index in [1.165, 1.54) is 17.4 Å². The molecule has 19 heavy (non-hydrogen) atoms. The van der Waals surface area contributed by atoms with Gasteiger partial charge < -0.3 is 9.42 Å². The van der Waals surface area contributed by atoms with Crippen molar-refractivity contribution in [2.45, 2.75) is 13.0 Å². The van der Waals surface area contributed by atoms with Crippen LogP contribution in [0.1, 0.15) is 29.0 Å². The first-order valence-corrected chi connectivity index (χ1v) is 5.73. The summed E-state index contributed by atoms with van der Waals surface area (Å²) >= 11 is 0. The Bertz CT molecular complexity index is 566. The SMILES string of the molecule is CC(c1ccon1)N(C)C(=O)C(=O)c1cccnc1. The van der Waals surface area contributed by atoms with Gasteiger partial charge >= 0.3 is 0 Å². The Kier molecular flexibility index (Phi) is 3.70. The molecule has 1 atom stereocenters. The average Bonchev–Trinajstić information content (AvgIpc) is 2.99. The Hall–Kier alpha value is -2.50. The van der Waals surface area contributed by atoms with Crippen LogP contribution in [0.4, 0.5) is 0 Å². The number of likely N-dealkylation sites (N-methyl/N-ethyl adjacent to an activating group) is 1. The highest BCUT2D eigenvalue weighted by atomic mass is 16.5.